The molecule has 2 rings (SSSR count). The highest BCUT2D eigenvalue weighted by molar-refractivity contribution is 5.66. The lowest BCUT2D eigenvalue weighted by molar-refractivity contribution is -0.154. The van der Waals surface area contributed by atoms with E-state index in [1.165, 1.54) is 27.0 Å². The lowest BCUT2D eigenvalue weighted by atomic mass is 9.98. The number of carbonyl (C=O) groups is 2. The molecule has 1 aromatic rings. The molecule has 2 heterocycles. The number of hydrogen-bond donors (Lipinski definition) is 1. The normalized spacial score (nSPS) is 24.1. The number of hydrogen-bond acceptors (Lipinski definition) is 8. The molecule has 0 spiro atoms. The van der Waals surface area contributed by atoms with Crippen LogP contribution in [0.15, 0.2) is 20.9 Å². The van der Waals surface area contributed by atoms with Gasteiger partial charge in [-0.15, -0.1) is 0 Å². The number of ether oxygens (including phenoxy) is 3. The number of aromatic amines is 1. The summed E-state index contributed by atoms with van der Waals surface area (Å²) in [6.07, 6.45) is -1.62. The summed E-state index contributed by atoms with van der Waals surface area (Å²) in [5.41, 5.74) is 7.55. The monoisotopic (exact) mass is 381 g/mol. The van der Waals surface area contributed by atoms with Gasteiger partial charge in [0, 0.05) is 43.0 Å². The van der Waals surface area contributed by atoms with Crippen molar-refractivity contribution in [2.75, 3.05) is 13.2 Å². The van der Waals surface area contributed by atoms with Crippen LogP contribution in [0.5, 0.6) is 0 Å². The summed E-state index contributed by atoms with van der Waals surface area (Å²) in [5.74, 6) is -1.86. The van der Waals surface area contributed by atoms with Gasteiger partial charge in [0.05, 0.1) is 0 Å². The lowest BCUT2D eigenvalue weighted by Gasteiger charge is -2.23. The summed E-state index contributed by atoms with van der Waals surface area (Å²) < 4.78 is 17.2. The van der Waals surface area contributed by atoms with Crippen LogP contribution in [0.25, 0.3) is 10.4 Å². The van der Waals surface area contributed by atoms with Crippen molar-refractivity contribution in [2.45, 2.75) is 39.2 Å². The molecule has 1 aliphatic heterocycles. The summed E-state index contributed by atoms with van der Waals surface area (Å²) in [6.45, 7) is 3.59. The maximum Gasteiger partial charge on any atom is 0.330 e. The van der Waals surface area contributed by atoms with Crippen LogP contribution < -0.4 is 11.2 Å². The van der Waals surface area contributed by atoms with Crippen LogP contribution in [0.1, 0.15) is 25.6 Å². The average Bonchev–Trinajstić information content (AvgIpc) is 2.91. The first kappa shape index (κ1) is 20.2. The topological polar surface area (TPSA) is 165 Å². The van der Waals surface area contributed by atoms with Gasteiger partial charge in [0.1, 0.15) is 12.7 Å². The van der Waals surface area contributed by atoms with E-state index in [0.717, 1.165) is 4.57 Å². The van der Waals surface area contributed by atoms with E-state index in [-0.39, 0.29) is 18.7 Å². The van der Waals surface area contributed by atoms with Crippen LogP contribution >= 0.6 is 0 Å². The number of rotatable bonds is 6. The van der Waals surface area contributed by atoms with E-state index in [1.54, 1.807) is 0 Å². The smallest absolute Gasteiger partial charge is 0.330 e. The zero-order chi connectivity index (χ0) is 20.1. The van der Waals surface area contributed by atoms with Crippen molar-refractivity contribution in [3.8, 4) is 0 Å². The first-order chi connectivity index (χ1) is 12.7. The number of nitrogens with one attached hydrogen (secondary N) is 1. The molecule has 0 amide bonds. The standard InChI is InChI=1S/C15H19N5O7/c1-7-5-20(15(24)18-13(7)23)14-12(26-9(3)22)10(4-17-19-16)11(27-14)6-25-8(2)21/h5,10-12,14H,4,6H2,1-3H3,(H,18,23,24)/t10-,11-,12-,14-/m1/s1. The zero-order valence-electron chi connectivity index (χ0n) is 14.9. The van der Waals surface area contributed by atoms with Gasteiger partial charge in [0.25, 0.3) is 5.56 Å². The van der Waals surface area contributed by atoms with Crippen molar-refractivity contribution in [1.82, 2.24) is 9.55 Å². The molecule has 12 heteroatoms. The van der Waals surface area contributed by atoms with Gasteiger partial charge >= 0.3 is 17.6 Å². The molecule has 1 aliphatic rings. The van der Waals surface area contributed by atoms with Gasteiger partial charge in [-0.05, 0) is 12.5 Å². The Morgan fingerprint density at radius 2 is 2.07 bits per heavy atom. The fourth-order valence-corrected chi connectivity index (χ4v) is 2.83. The first-order valence-corrected chi connectivity index (χ1v) is 8.03. The van der Waals surface area contributed by atoms with Gasteiger partial charge in [-0.2, -0.15) is 0 Å². The van der Waals surface area contributed by atoms with Crippen LogP contribution in [0, 0.1) is 12.8 Å². The molecule has 146 valence electrons. The molecule has 0 aromatic carbocycles. The minimum atomic E-state index is -1.10. The van der Waals surface area contributed by atoms with E-state index in [1.807, 2.05) is 0 Å². The Kier molecular flexibility index (Phi) is 6.37. The molecule has 0 radical (unpaired) electrons. The Bertz CT molecular complexity index is 885. The lowest BCUT2D eigenvalue weighted by Crippen LogP contribution is -2.39. The van der Waals surface area contributed by atoms with Crippen molar-refractivity contribution in [2.24, 2.45) is 11.0 Å². The highest BCUT2D eigenvalue weighted by Crippen LogP contribution is 2.36. The van der Waals surface area contributed by atoms with E-state index in [4.69, 9.17) is 19.7 Å². The number of aromatic nitrogens is 2. The predicted molar refractivity (Wildman–Crippen MR) is 89.7 cm³/mol. The number of H-pyrrole nitrogens is 1. The van der Waals surface area contributed by atoms with E-state index in [9.17, 15) is 19.2 Å². The van der Waals surface area contributed by atoms with Crippen LogP contribution in [0.3, 0.4) is 0 Å². The van der Waals surface area contributed by atoms with Crippen molar-refractivity contribution >= 4 is 11.9 Å². The quantitative estimate of drug-likeness (QED) is 0.317. The second kappa shape index (κ2) is 8.52. The van der Waals surface area contributed by atoms with Crippen LogP contribution in [0.4, 0.5) is 0 Å². The average molecular weight is 381 g/mol. The Hall–Kier alpha value is -3.11. The Morgan fingerprint density at radius 3 is 2.67 bits per heavy atom. The Labute approximate surface area is 152 Å². The predicted octanol–water partition coefficient (Wildman–Crippen LogP) is 0.164. The van der Waals surface area contributed by atoms with Crippen LogP contribution in [-0.2, 0) is 23.8 Å². The van der Waals surface area contributed by atoms with Crippen molar-refractivity contribution in [3.63, 3.8) is 0 Å². The SMILES string of the molecule is CC(=O)OC[C@H]1O[C@@H](n2cc(C)c(=O)[nH]c2=O)[C@H](OC(C)=O)[C@@H]1CN=[N+]=[N-]. The van der Waals surface area contributed by atoms with Crippen LogP contribution in [-0.4, -0.2) is 46.8 Å². The van der Waals surface area contributed by atoms with Crippen molar-refractivity contribution in [3.05, 3.63) is 43.0 Å². The summed E-state index contributed by atoms with van der Waals surface area (Å²) in [7, 11) is 0. The maximum atomic E-state index is 12.2. The number of aryl methyl sites for hydroxylation is 1. The van der Waals surface area contributed by atoms with E-state index in [0.29, 0.717) is 0 Å². The highest BCUT2D eigenvalue weighted by Gasteiger charge is 2.48. The van der Waals surface area contributed by atoms with Crippen molar-refractivity contribution < 1.29 is 23.8 Å². The van der Waals surface area contributed by atoms with Gasteiger partial charge in [-0.25, -0.2) is 4.79 Å². The second-order valence-electron chi connectivity index (χ2n) is 6.00. The molecule has 1 saturated heterocycles. The van der Waals surface area contributed by atoms with Crippen LogP contribution in [0.2, 0.25) is 0 Å². The second-order valence-corrected chi connectivity index (χ2v) is 6.00. The van der Waals surface area contributed by atoms with Gasteiger partial charge in [-0.3, -0.25) is 23.9 Å². The molecule has 4 atom stereocenters. The molecule has 0 unspecified atom stereocenters. The number of carbonyl (C=O) groups excluding carboxylic acids is 2. The molecule has 12 nitrogen and oxygen atoms in total. The first-order valence-electron chi connectivity index (χ1n) is 8.03. The van der Waals surface area contributed by atoms with E-state index < -0.39 is 47.5 Å². The number of esters is 2. The maximum absolute atomic E-state index is 12.2. The largest absolute Gasteiger partial charge is 0.463 e. The third-order valence-electron chi connectivity index (χ3n) is 4.02. The highest BCUT2D eigenvalue weighted by atomic mass is 16.6. The Balaban J connectivity index is 2.46. The fourth-order valence-electron chi connectivity index (χ4n) is 2.83. The van der Waals surface area contributed by atoms with Crippen molar-refractivity contribution in [1.29, 1.82) is 0 Å². The Morgan fingerprint density at radius 1 is 1.37 bits per heavy atom. The van der Waals surface area contributed by atoms with Gasteiger partial charge < -0.3 is 14.2 Å². The molecule has 0 saturated carbocycles. The summed E-state index contributed by atoms with van der Waals surface area (Å²) in [4.78, 5) is 51.4. The van der Waals surface area contributed by atoms with E-state index in [2.05, 4.69) is 15.0 Å². The summed E-state index contributed by atoms with van der Waals surface area (Å²) >= 11 is 0. The van der Waals surface area contributed by atoms with Gasteiger partial charge in [0.15, 0.2) is 12.3 Å². The number of nitrogens with zero attached hydrogens (tertiary/aromatic N) is 4. The molecular formula is C15H19N5O7. The summed E-state index contributed by atoms with van der Waals surface area (Å²) in [6, 6.07) is 0. The molecule has 0 aliphatic carbocycles. The zero-order valence-corrected chi connectivity index (χ0v) is 14.9. The minimum Gasteiger partial charge on any atom is -0.463 e. The molecule has 1 aromatic heterocycles. The molecular weight excluding hydrogens is 362 g/mol. The third-order valence-corrected chi connectivity index (χ3v) is 4.02. The van der Waals surface area contributed by atoms with Gasteiger partial charge in [-0.1, -0.05) is 5.11 Å². The molecule has 0 bridgehead atoms. The number of azide groups is 1. The third kappa shape index (κ3) is 4.74. The minimum absolute atomic E-state index is 0.117. The fraction of sp³-hybridized carbons (Fsp3) is 0.600. The molecule has 1 fully saturated rings. The van der Waals surface area contributed by atoms with E-state index >= 15 is 0 Å². The van der Waals surface area contributed by atoms with Gasteiger partial charge in [0.2, 0.25) is 0 Å². The summed E-state index contributed by atoms with van der Waals surface area (Å²) in [5, 5.41) is 3.49. The molecule has 1 N–H and O–H groups in total. The molecule has 27 heavy (non-hydrogen) atoms.